The highest BCUT2D eigenvalue weighted by atomic mass is 32.2. The molecule has 42 heavy (non-hydrogen) atoms. The summed E-state index contributed by atoms with van der Waals surface area (Å²) in [5.74, 6) is 1.30. The van der Waals surface area contributed by atoms with Crippen molar-refractivity contribution in [2.75, 3.05) is 38.2 Å². The molecule has 0 saturated carbocycles. The molecule has 0 radical (unpaired) electrons. The van der Waals surface area contributed by atoms with Crippen molar-refractivity contribution in [3.63, 3.8) is 0 Å². The number of aromatic nitrogens is 1. The van der Waals surface area contributed by atoms with Crippen molar-refractivity contribution in [2.24, 2.45) is 0 Å². The fraction of sp³-hybridized carbons (Fsp3) is 0.312. The number of thioether (sulfide) groups is 1. The van der Waals surface area contributed by atoms with Gasteiger partial charge >= 0.3 is 0 Å². The first kappa shape index (κ1) is 29.6. The first-order chi connectivity index (χ1) is 20.3. The summed E-state index contributed by atoms with van der Waals surface area (Å²) in [4.78, 5) is 33.7. The number of amides is 1. The average Bonchev–Trinajstić information content (AvgIpc) is 3.27. The molecule has 10 heteroatoms. The summed E-state index contributed by atoms with van der Waals surface area (Å²) in [5.41, 5.74) is 3.29. The number of carbonyl (C=O) groups excluding carboxylic acids is 1. The molecule has 2 fully saturated rings. The molecule has 216 valence electrons. The van der Waals surface area contributed by atoms with Crippen LogP contribution in [0.1, 0.15) is 34.7 Å². The van der Waals surface area contributed by atoms with Gasteiger partial charge in [-0.2, -0.15) is 5.26 Å². The SMILES string of the molecule is CCn1c(N2CCN(Cc3ccccc3)CC2)c(/C=C2\SC(=S)N(Cc3ccc(OC)cc3)C2=O)c(C)c(C#N)c1=O. The van der Waals surface area contributed by atoms with Gasteiger partial charge < -0.3 is 9.64 Å². The Balaban J connectivity index is 1.46. The zero-order chi connectivity index (χ0) is 29.8. The highest BCUT2D eigenvalue weighted by molar-refractivity contribution is 8.26. The van der Waals surface area contributed by atoms with Crippen LogP contribution in [0, 0.1) is 18.3 Å². The topological polar surface area (TPSA) is 81.8 Å². The zero-order valence-electron chi connectivity index (χ0n) is 24.0. The van der Waals surface area contributed by atoms with Crippen molar-refractivity contribution in [1.82, 2.24) is 14.4 Å². The number of methoxy groups -OCH3 is 1. The van der Waals surface area contributed by atoms with Crippen LogP contribution in [-0.2, 0) is 24.4 Å². The molecule has 2 aliphatic heterocycles. The quantitative estimate of drug-likeness (QED) is 0.270. The van der Waals surface area contributed by atoms with Crippen molar-refractivity contribution in [3.8, 4) is 11.8 Å². The first-order valence-corrected chi connectivity index (χ1v) is 15.1. The Morgan fingerprint density at radius 3 is 2.29 bits per heavy atom. The van der Waals surface area contributed by atoms with Crippen molar-refractivity contribution < 1.29 is 9.53 Å². The van der Waals surface area contributed by atoms with Gasteiger partial charge in [-0.1, -0.05) is 66.4 Å². The molecule has 2 saturated heterocycles. The van der Waals surface area contributed by atoms with Crippen LogP contribution in [0.3, 0.4) is 0 Å². The fourth-order valence-electron chi connectivity index (χ4n) is 5.42. The van der Waals surface area contributed by atoms with Gasteiger partial charge in [0.2, 0.25) is 0 Å². The fourth-order valence-corrected chi connectivity index (χ4v) is 6.66. The first-order valence-electron chi connectivity index (χ1n) is 13.9. The van der Waals surface area contributed by atoms with Crippen molar-refractivity contribution >= 4 is 46.1 Å². The maximum absolute atomic E-state index is 13.6. The van der Waals surface area contributed by atoms with Gasteiger partial charge in [0.05, 0.1) is 18.6 Å². The van der Waals surface area contributed by atoms with Crippen LogP contribution >= 0.6 is 24.0 Å². The Morgan fingerprint density at radius 1 is 1.00 bits per heavy atom. The molecule has 0 N–H and O–H groups in total. The summed E-state index contributed by atoms with van der Waals surface area (Å²) in [6.45, 7) is 8.42. The van der Waals surface area contributed by atoms with Gasteiger partial charge in [0.15, 0.2) is 0 Å². The van der Waals surface area contributed by atoms with Gasteiger partial charge in [0.25, 0.3) is 11.5 Å². The molecule has 3 heterocycles. The number of ether oxygens (including phenoxy) is 1. The van der Waals surface area contributed by atoms with E-state index in [1.165, 1.54) is 17.3 Å². The van der Waals surface area contributed by atoms with E-state index in [2.05, 4.69) is 40.1 Å². The smallest absolute Gasteiger partial charge is 0.270 e. The van der Waals surface area contributed by atoms with Crippen molar-refractivity contribution in [2.45, 2.75) is 33.5 Å². The third-order valence-corrected chi connectivity index (χ3v) is 9.11. The summed E-state index contributed by atoms with van der Waals surface area (Å²) in [5, 5.41) is 9.90. The molecule has 0 spiro atoms. The van der Waals surface area contributed by atoms with Gasteiger partial charge in [0, 0.05) is 44.8 Å². The van der Waals surface area contributed by atoms with Crippen LogP contribution in [0.5, 0.6) is 5.75 Å². The second-order valence-electron chi connectivity index (χ2n) is 10.3. The standard InChI is InChI=1S/C32H33N5O3S2/c1-4-36-29(35-16-14-34(15-17-35)20-23-8-6-5-7-9-23)26(22(2)27(19-33)30(36)38)18-28-31(39)37(32(41)42-28)21-24-10-12-25(40-3)13-11-24/h5-13,18H,4,14-17,20-21H2,1-3H3/b28-18-. The largest absolute Gasteiger partial charge is 0.497 e. The summed E-state index contributed by atoms with van der Waals surface area (Å²) in [7, 11) is 1.61. The number of benzene rings is 2. The maximum Gasteiger partial charge on any atom is 0.270 e. The summed E-state index contributed by atoms with van der Waals surface area (Å²) < 4.78 is 7.38. The third-order valence-electron chi connectivity index (χ3n) is 7.73. The number of piperazine rings is 1. The van der Waals surface area contributed by atoms with E-state index in [9.17, 15) is 14.9 Å². The van der Waals surface area contributed by atoms with Crippen LogP contribution in [0.15, 0.2) is 64.3 Å². The predicted molar refractivity (Wildman–Crippen MR) is 171 cm³/mol. The number of nitriles is 1. The molecule has 8 nitrogen and oxygen atoms in total. The second-order valence-corrected chi connectivity index (χ2v) is 11.9. The number of hydrogen-bond acceptors (Lipinski definition) is 8. The molecule has 0 atom stereocenters. The number of rotatable bonds is 8. The highest BCUT2D eigenvalue weighted by Gasteiger charge is 2.33. The monoisotopic (exact) mass is 599 g/mol. The molecule has 2 aromatic carbocycles. The minimum atomic E-state index is -0.302. The van der Waals surface area contributed by atoms with Crippen molar-refractivity contribution in [3.05, 3.63) is 97.7 Å². The van der Waals surface area contributed by atoms with Crippen LogP contribution in [0.2, 0.25) is 0 Å². The average molecular weight is 600 g/mol. The number of thiocarbonyl (C=S) groups is 1. The van der Waals surface area contributed by atoms with Gasteiger partial charge in [-0.3, -0.25) is 24.0 Å². The third kappa shape index (κ3) is 6.00. The Bertz CT molecular complexity index is 1620. The van der Waals surface area contributed by atoms with Crippen LogP contribution in [0.25, 0.3) is 6.08 Å². The lowest BCUT2D eigenvalue weighted by atomic mass is 10.0. The summed E-state index contributed by atoms with van der Waals surface area (Å²) >= 11 is 6.86. The minimum Gasteiger partial charge on any atom is -0.497 e. The van der Waals surface area contributed by atoms with Crippen LogP contribution in [0.4, 0.5) is 5.82 Å². The molecule has 3 aromatic rings. The number of hydrogen-bond donors (Lipinski definition) is 0. The second kappa shape index (κ2) is 12.9. The zero-order valence-corrected chi connectivity index (χ0v) is 25.6. The Labute approximate surface area is 255 Å². The molecule has 0 aliphatic carbocycles. The summed E-state index contributed by atoms with van der Waals surface area (Å²) in [6, 6.07) is 20.0. The van der Waals surface area contributed by atoms with E-state index < -0.39 is 0 Å². The Hall–Kier alpha value is -3.91. The van der Waals surface area contributed by atoms with Gasteiger partial charge in [-0.15, -0.1) is 0 Å². The number of anilines is 1. The van der Waals surface area contributed by atoms with E-state index >= 15 is 0 Å². The number of nitrogens with zero attached hydrogens (tertiary/aromatic N) is 5. The number of pyridine rings is 1. The van der Waals surface area contributed by atoms with E-state index in [1.54, 1.807) is 23.5 Å². The lowest BCUT2D eigenvalue weighted by Crippen LogP contribution is -2.48. The molecule has 2 aliphatic rings. The molecular formula is C32H33N5O3S2. The lowest BCUT2D eigenvalue weighted by molar-refractivity contribution is -0.122. The molecular weight excluding hydrogens is 567 g/mol. The molecule has 0 unspecified atom stereocenters. The summed E-state index contributed by atoms with van der Waals surface area (Å²) in [6.07, 6.45) is 1.82. The van der Waals surface area contributed by atoms with Crippen LogP contribution < -0.4 is 15.2 Å². The molecule has 1 amide bonds. The maximum atomic E-state index is 13.6. The molecule has 5 rings (SSSR count). The van der Waals surface area contributed by atoms with E-state index in [0.717, 1.165) is 55.4 Å². The lowest BCUT2D eigenvalue weighted by Gasteiger charge is -2.38. The Morgan fingerprint density at radius 2 is 1.67 bits per heavy atom. The van der Waals surface area contributed by atoms with Crippen molar-refractivity contribution in [1.29, 1.82) is 5.26 Å². The molecule has 0 bridgehead atoms. The highest BCUT2D eigenvalue weighted by Crippen LogP contribution is 2.37. The predicted octanol–water partition coefficient (Wildman–Crippen LogP) is 4.78. The number of carbonyl (C=O) groups is 1. The van der Waals surface area contributed by atoms with E-state index in [-0.39, 0.29) is 17.0 Å². The normalized spacial score (nSPS) is 16.8. The minimum absolute atomic E-state index is 0.100. The molecule has 1 aromatic heterocycles. The van der Waals surface area contributed by atoms with Gasteiger partial charge in [-0.25, -0.2) is 0 Å². The van der Waals surface area contributed by atoms with Crippen LogP contribution in [-0.4, -0.2) is 57.9 Å². The van der Waals surface area contributed by atoms with E-state index in [0.29, 0.717) is 27.9 Å². The van der Waals surface area contributed by atoms with E-state index in [1.807, 2.05) is 43.3 Å². The van der Waals surface area contributed by atoms with Gasteiger partial charge in [-0.05, 0) is 48.7 Å². The van der Waals surface area contributed by atoms with Gasteiger partial charge in [0.1, 0.15) is 27.5 Å². The van der Waals surface area contributed by atoms with E-state index in [4.69, 9.17) is 17.0 Å². The Kier molecular flexibility index (Phi) is 9.12.